The Bertz CT molecular complexity index is 804. The molecule has 21 heavy (non-hydrogen) atoms. The standard InChI is InChI=1S/C16H12ClN3O/c17-15-14(6-3-9-18-15)20-16(21)19-13-8-7-11-4-1-2-5-12(11)10-13/h1-10H,(H2,19,20,21). The quantitative estimate of drug-likeness (QED) is 0.683. The zero-order valence-electron chi connectivity index (χ0n) is 11.0. The average Bonchev–Trinajstić information content (AvgIpc) is 2.49. The lowest BCUT2D eigenvalue weighted by atomic mass is 10.1. The maximum Gasteiger partial charge on any atom is 0.323 e. The molecule has 3 rings (SSSR count). The van der Waals surface area contributed by atoms with Gasteiger partial charge in [-0.1, -0.05) is 41.9 Å². The number of fused-ring (bicyclic) bond motifs is 1. The van der Waals surface area contributed by atoms with Crippen molar-refractivity contribution in [3.63, 3.8) is 0 Å². The Morgan fingerprint density at radius 1 is 0.952 bits per heavy atom. The van der Waals surface area contributed by atoms with Gasteiger partial charge in [-0.2, -0.15) is 0 Å². The van der Waals surface area contributed by atoms with Gasteiger partial charge in [-0.3, -0.25) is 0 Å². The van der Waals surface area contributed by atoms with Crippen molar-refractivity contribution >= 4 is 39.8 Å². The highest BCUT2D eigenvalue weighted by Gasteiger charge is 2.06. The topological polar surface area (TPSA) is 54.0 Å². The number of nitrogens with zero attached hydrogens (tertiary/aromatic N) is 1. The summed E-state index contributed by atoms with van der Waals surface area (Å²) in [6, 6.07) is 16.7. The second-order valence-corrected chi connectivity index (χ2v) is 4.84. The summed E-state index contributed by atoms with van der Waals surface area (Å²) in [4.78, 5) is 15.9. The number of rotatable bonds is 2. The smallest absolute Gasteiger partial charge is 0.308 e. The van der Waals surface area contributed by atoms with Crippen LogP contribution in [0.1, 0.15) is 0 Å². The van der Waals surface area contributed by atoms with Crippen molar-refractivity contribution < 1.29 is 4.79 Å². The molecule has 0 fully saturated rings. The highest BCUT2D eigenvalue weighted by molar-refractivity contribution is 6.32. The third-order valence-electron chi connectivity index (χ3n) is 3.01. The number of benzene rings is 2. The van der Waals surface area contributed by atoms with E-state index in [0.717, 1.165) is 10.8 Å². The zero-order chi connectivity index (χ0) is 14.7. The Balaban J connectivity index is 1.75. The lowest BCUT2D eigenvalue weighted by molar-refractivity contribution is 0.262. The molecule has 2 aromatic carbocycles. The minimum Gasteiger partial charge on any atom is -0.308 e. The molecular formula is C16H12ClN3O. The van der Waals surface area contributed by atoms with E-state index < -0.39 is 0 Å². The third kappa shape index (κ3) is 3.12. The van der Waals surface area contributed by atoms with Gasteiger partial charge in [-0.05, 0) is 35.0 Å². The molecule has 1 aromatic heterocycles. The van der Waals surface area contributed by atoms with Gasteiger partial charge in [-0.25, -0.2) is 9.78 Å². The van der Waals surface area contributed by atoms with E-state index in [9.17, 15) is 4.79 Å². The molecule has 0 aliphatic carbocycles. The number of hydrogen-bond acceptors (Lipinski definition) is 2. The van der Waals surface area contributed by atoms with Crippen LogP contribution in [-0.4, -0.2) is 11.0 Å². The molecule has 5 heteroatoms. The van der Waals surface area contributed by atoms with Crippen molar-refractivity contribution in [2.24, 2.45) is 0 Å². The maximum absolute atomic E-state index is 12.0. The lowest BCUT2D eigenvalue weighted by Crippen LogP contribution is -2.19. The molecule has 0 saturated carbocycles. The van der Waals surface area contributed by atoms with E-state index in [2.05, 4.69) is 15.6 Å². The summed E-state index contributed by atoms with van der Waals surface area (Å²) in [5, 5.41) is 7.88. The van der Waals surface area contributed by atoms with Gasteiger partial charge in [0.1, 0.15) is 0 Å². The number of hydrogen-bond donors (Lipinski definition) is 2. The van der Waals surface area contributed by atoms with Crippen molar-refractivity contribution in [3.8, 4) is 0 Å². The first kappa shape index (κ1) is 13.4. The number of pyridine rings is 1. The first-order valence-electron chi connectivity index (χ1n) is 6.40. The molecule has 0 radical (unpaired) electrons. The summed E-state index contributed by atoms with van der Waals surface area (Å²) >= 11 is 5.90. The van der Waals surface area contributed by atoms with Gasteiger partial charge >= 0.3 is 6.03 Å². The Hall–Kier alpha value is -2.59. The predicted octanol–water partition coefficient (Wildman–Crippen LogP) is 4.53. The number of nitrogens with one attached hydrogen (secondary N) is 2. The van der Waals surface area contributed by atoms with Crippen LogP contribution in [0.3, 0.4) is 0 Å². The van der Waals surface area contributed by atoms with Crippen molar-refractivity contribution in [1.29, 1.82) is 0 Å². The van der Waals surface area contributed by atoms with E-state index in [-0.39, 0.29) is 11.2 Å². The van der Waals surface area contributed by atoms with E-state index in [1.807, 2.05) is 42.5 Å². The first-order valence-corrected chi connectivity index (χ1v) is 6.77. The summed E-state index contributed by atoms with van der Waals surface area (Å²) in [6.45, 7) is 0. The van der Waals surface area contributed by atoms with Crippen LogP contribution < -0.4 is 10.6 Å². The lowest BCUT2D eigenvalue weighted by Gasteiger charge is -2.09. The second kappa shape index (κ2) is 5.81. The van der Waals surface area contributed by atoms with E-state index in [1.54, 1.807) is 18.3 Å². The number of urea groups is 1. The molecule has 0 aliphatic heterocycles. The number of aromatic nitrogens is 1. The minimum absolute atomic E-state index is 0.256. The summed E-state index contributed by atoms with van der Waals surface area (Å²) < 4.78 is 0. The molecule has 2 amide bonds. The Labute approximate surface area is 126 Å². The molecular weight excluding hydrogens is 286 g/mol. The van der Waals surface area contributed by atoms with Gasteiger partial charge in [0.25, 0.3) is 0 Å². The Kier molecular flexibility index (Phi) is 3.71. The molecule has 0 aliphatic rings. The SMILES string of the molecule is O=C(Nc1ccc2ccccc2c1)Nc1cccnc1Cl. The predicted molar refractivity (Wildman–Crippen MR) is 85.8 cm³/mol. The van der Waals surface area contributed by atoms with E-state index >= 15 is 0 Å². The van der Waals surface area contributed by atoms with Gasteiger partial charge in [0.15, 0.2) is 5.15 Å². The normalized spacial score (nSPS) is 10.3. The van der Waals surface area contributed by atoms with Gasteiger partial charge < -0.3 is 10.6 Å². The molecule has 0 atom stereocenters. The molecule has 104 valence electrons. The number of anilines is 2. The van der Waals surface area contributed by atoms with Crippen molar-refractivity contribution in [2.45, 2.75) is 0 Å². The van der Waals surface area contributed by atoms with Gasteiger partial charge in [0.05, 0.1) is 5.69 Å². The van der Waals surface area contributed by atoms with Crippen LogP contribution in [-0.2, 0) is 0 Å². The van der Waals surface area contributed by atoms with E-state index in [4.69, 9.17) is 11.6 Å². The number of halogens is 1. The van der Waals surface area contributed by atoms with Gasteiger partial charge in [0.2, 0.25) is 0 Å². The molecule has 3 aromatic rings. The monoisotopic (exact) mass is 297 g/mol. The van der Waals surface area contributed by atoms with Crippen LogP contribution in [0.25, 0.3) is 10.8 Å². The van der Waals surface area contributed by atoms with Crippen molar-refractivity contribution in [3.05, 3.63) is 65.9 Å². The Morgan fingerprint density at radius 2 is 1.76 bits per heavy atom. The highest BCUT2D eigenvalue weighted by Crippen LogP contribution is 2.20. The largest absolute Gasteiger partial charge is 0.323 e. The van der Waals surface area contributed by atoms with E-state index in [1.165, 1.54) is 0 Å². The molecule has 0 unspecified atom stereocenters. The molecule has 1 heterocycles. The number of amides is 2. The first-order chi connectivity index (χ1) is 10.2. The van der Waals surface area contributed by atoms with Gasteiger partial charge in [-0.15, -0.1) is 0 Å². The molecule has 4 nitrogen and oxygen atoms in total. The second-order valence-electron chi connectivity index (χ2n) is 4.48. The fraction of sp³-hybridized carbons (Fsp3) is 0. The van der Waals surface area contributed by atoms with Gasteiger partial charge in [0, 0.05) is 11.9 Å². The fourth-order valence-corrected chi connectivity index (χ4v) is 2.20. The highest BCUT2D eigenvalue weighted by atomic mass is 35.5. The summed E-state index contributed by atoms with van der Waals surface area (Å²) in [7, 11) is 0. The Morgan fingerprint density at radius 3 is 2.57 bits per heavy atom. The fourth-order valence-electron chi connectivity index (χ4n) is 2.03. The van der Waals surface area contributed by atoms with Crippen LogP contribution in [0.4, 0.5) is 16.2 Å². The molecule has 0 bridgehead atoms. The summed E-state index contributed by atoms with van der Waals surface area (Å²) in [5.74, 6) is 0. The number of carbonyl (C=O) groups excluding carboxylic acids is 1. The molecule has 2 N–H and O–H groups in total. The van der Waals surface area contributed by atoms with Crippen LogP contribution in [0.5, 0.6) is 0 Å². The number of carbonyl (C=O) groups is 1. The van der Waals surface area contributed by atoms with Crippen molar-refractivity contribution in [2.75, 3.05) is 10.6 Å². The van der Waals surface area contributed by atoms with Crippen LogP contribution in [0, 0.1) is 0 Å². The maximum atomic E-state index is 12.0. The van der Waals surface area contributed by atoms with Crippen LogP contribution >= 0.6 is 11.6 Å². The van der Waals surface area contributed by atoms with E-state index in [0.29, 0.717) is 11.4 Å². The summed E-state index contributed by atoms with van der Waals surface area (Å²) in [5.41, 5.74) is 1.18. The molecule has 0 saturated heterocycles. The third-order valence-corrected chi connectivity index (χ3v) is 3.32. The average molecular weight is 298 g/mol. The minimum atomic E-state index is -0.361. The zero-order valence-corrected chi connectivity index (χ0v) is 11.8. The van der Waals surface area contributed by atoms with Crippen LogP contribution in [0.2, 0.25) is 5.15 Å². The summed E-state index contributed by atoms with van der Waals surface area (Å²) in [6.07, 6.45) is 1.56. The van der Waals surface area contributed by atoms with Crippen molar-refractivity contribution in [1.82, 2.24) is 4.98 Å². The van der Waals surface area contributed by atoms with Crippen LogP contribution in [0.15, 0.2) is 60.8 Å². The molecule has 0 spiro atoms.